The van der Waals surface area contributed by atoms with Crippen LogP contribution in [0.5, 0.6) is 5.75 Å². The maximum Gasteiger partial charge on any atom is 0.265 e. The van der Waals surface area contributed by atoms with E-state index in [1.165, 1.54) is 12.1 Å². The highest BCUT2D eigenvalue weighted by atomic mass is 19.1. The van der Waals surface area contributed by atoms with Crippen molar-refractivity contribution >= 4 is 17.5 Å². The molecule has 10 heteroatoms. The van der Waals surface area contributed by atoms with Crippen LogP contribution in [0.3, 0.4) is 0 Å². The zero-order chi connectivity index (χ0) is 24.4. The number of rotatable bonds is 5. The van der Waals surface area contributed by atoms with Crippen molar-refractivity contribution < 1.29 is 23.2 Å². The van der Waals surface area contributed by atoms with Gasteiger partial charge in [0.05, 0.1) is 12.2 Å². The molecule has 1 saturated heterocycles. The molecule has 2 aliphatic heterocycles. The molecule has 0 N–H and O–H groups in total. The van der Waals surface area contributed by atoms with Crippen molar-refractivity contribution in [3.05, 3.63) is 60.2 Å². The molecule has 1 aromatic heterocycles. The van der Waals surface area contributed by atoms with Gasteiger partial charge in [-0.25, -0.2) is 4.39 Å². The van der Waals surface area contributed by atoms with Crippen LogP contribution in [0, 0.1) is 5.82 Å². The molecule has 5 rings (SSSR count). The van der Waals surface area contributed by atoms with Crippen molar-refractivity contribution in [3.8, 4) is 17.1 Å². The monoisotopic (exact) mass is 479 g/mol. The van der Waals surface area contributed by atoms with Crippen LogP contribution in [-0.2, 0) is 16.0 Å². The smallest absolute Gasteiger partial charge is 0.265 e. The van der Waals surface area contributed by atoms with Gasteiger partial charge in [0.15, 0.2) is 6.10 Å². The van der Waals surface area contributed by atoms with Crippen LogP contribution in [0.25, 0.3) is 11.4 Å². The fourth-order valence-corrected chi connectivity index (χ4v) is 4.25. The van der Waals surface area contributed by atoms with Crippen LogP contribution in [0.15, 0.2) is 53.1 Å². The molecular weight excluding hydrogens is 453 g/mol. The first-order valence-corrected chi connectivity index (χ1v) is 11.6. The van der Waals surface area contributed by atoms with E-state index >= 15 is 0 Å². The zero-order valence-electron chi connectivity index (χ0n) is 19.4. The van der Waals surface area contributed by atoms with Crippen LogP contribution in [0.2, 0.25) is 0 Å². The minimum absolute atomic E-state index is 0.105. The Bertz CT molecular complexity index is 1210. The largest absolute Gasteiger partial charge is 0.476 e. The number of carbonyl (C=O) groups excluding carboxylic acids is 2. The molecule has 3 heterocycles. The minimum Gasteiger partial charge on any atom is -0.476 e. The first kappa shape index (κ1) is 23.0. The average Bonchev–Trinajstić information content (AvgIpc) is 3.36. The summed E-state index contributed by atoms with van der Waals surface area (Å²) >= 11 is 0. The Morgan fingerprint density at radius 1 is 1.06 bits per heavy atom. The van der Waals surface area contributed by atoms with Crippen molar-refractivity contribution in [2.45, 2.75) is 18.9 Å². The Hall–Kier alpha value is -3.79. The van der Waals surface area contributed by atoms with Gasteiger partial charge in [0.2, 0.25) is 17.6 Å². The second-order valence-electron chi connectivity index (χ2n) is 8.73. The second-order valence-corrected chi connectivity index (χ2v) is 8.73. The molecule has 35 heavy (non-hydrogen) atoms. The van der Waals surface area contributed by atoms with Gasteiger partial charge in [-0.15, -0.1) is 0 Å². The summed E-state index contributed by atoms with van der Waals surface area (Å²) in [5, 5.41) is 3.93. The quantitative estimate of drug-likeness (QED) is 0.555. The molecule has 9 nitrogen and oxygen atoms in total. The van der Waals surface area contributed by atoms with E-state index in [2.05, 4.69) is 15.0 Å². The summed E-state index contributed by atoms with van der Waals surface area (Å²) in [5.74, 6) is 0.533. The van der Waals surface area contributed by atoms with E-state index in [0.717, 1.165) is 13.1 Å². The summed E-state index contributed by atoms with van der Waals surface area (Å²) in [6.07, 6.45) is -0.399. The van der Waals surface area contributed by atoms with Gasteiger partial charge >= 0.3 is 0 Å². The molecule has 1 atom stereocenters. The number of para-hydroxylation sites is 2. The number of halogens is 1. The first-order chi connectivity index (χ1) is 17.0. The summed E-state index contributed by atoms with van der Waals surface area (Å²) in [4.78, 5) is 36.3. The number of aryl methyl sites for hydroxylation is 1. The van der Waals surface area contributed by atoms with Gasteiger partial charge in [-0.05, 0) is 43.4 Å². The molecule has 0 bridgehead atoms. The highest BCUT2D eigenvalue weighted by Gasteiger charge is 2.36. The standard InChI is InChI=1S/C25H26FN5O4/c1-29-12-14-30(15-13-29)25(33)21-16-31(19-4-2-3-5-20(19)34-21)23(32)11-10-22-27-24(28-35-22)17-6-8-18(26)9-7-17/h2-9,21H,10-16H2,1H3/t21-/m1/s1. The van der Waals surface area contributed by atoms with Crippen molar-refractivity contribution in [2.24, 2.45) is 0 Å². The Kier molecular flexibility index (Phi) is 6.45. The van der Waals surface area contributed by atoms with Gasteiger partial charge in [-0.2, -0.15) is 4.98 Å². The van der Waals surface area contributed by atoms with Gasteiger partial charge < -0.3 is 24.0 Å². The van der Waals surface area contributed by atoms with Crippen molar-refractivity contribution in [1.29, 1.82) is 0 Å². The number of amides is 2. The first-order valence-electron chi connectivity index (χ1n) is 11.6. The minimum atomic E-state index is -0.759. The predicted octanol–water partition coefficient (Wildman–Crippen LogP) is 2.38. The molecule has 2 aromatic carbocycles. The number of aromatic nitrogens is 2. The van der Waals surface area contributed by atoms with Gasteiger partial charge in [-0.1, -0.05) is 17.3 Å². The number of fused-ring (bicyclic) bond motifs is 1. The average molecular weight is 480 g/mol. The Morgan fingerprint density at radius 2 is 1.80 bits per heavy atom. The number of carbonyl (C=O) groups is 2. The zero-order valence-corrected chi connectivity index (χ0v) is 19.4. The number of nitrogens with zero attached hydrogens (tertiary/aromatic N) is 5. The fraction of sp³-hybridized carbons (Fsp3) is 0.360. The third-order valence-corrected chi connectivity index (χ3v) is 6.29. The molecule has 2 aliphatic rings. The number of benzene rings is 2. The molecule has 1 fully saturated rings. The lowest BCUT2D eigenvalue weighted by Crippen LogP contribution is -2.55. The van der Waals surface area contributed by atoms with Gasteiger partial charge in [-0.3, -0.25) is 9.59 Å². The Morgan fingerprint density at radius 3 is 2.57 bits per heavy atom. The van der Waals surface area contributed by atoms with E-state index < -0.39 is 6.10 Å². The van der Waals surface area contributed by atoms with Crippen LogP contribution < -0.4 is 9.64 Å². The van der Waals surface area contributed by atoms with Crippen LogP contribution >= 0.6 is 0 Å². The normalized spacial score (nSPS) is 18.2. The topological polar surface area (TPSA) is 92.0 Å². The summed E-state index contributed by atoms with van der Waals surface area (Å²) in [6.45, 7) is 3.03. The molecule has 2 amide bonds. The fourth-order valence-electron chi connectivity index (χ4n) is 4.25. The lowest BCUT2D eigenvalue weighted by Gasteiger charge is -2.38. The number of ether oxygens (including phenoxy) is 1. The van der Waals surface area contributed by atoms with E-state index in [-0.39, 0.29) is 37.0 Å². The second kappa shape index (κ2) is 9.83. The van der Waals surface area contributed by atoms with Gasteiger partial charge in [0.1, 0.15) is 11.6 Å². The van der Waals surface area contributed by atoms with Crippen LogP contribution in [-0.4, -0.2) is 77.6 Å². The van der Waals surface area contributed by atoms with E-state index in [1.54, 1.807) is 28.0 Å². The number of likely N-dealkylation sites (N-methyl/N-ethyl adjacent to an activating group) is 1. The molecule has 3 aromatic rings. The highest BCUT2D eigenvalue weighted by molar-refractivity contribution is 5.97. The lowest BCUT2D eigenvalue weighted by atomic mass is 10.1. The van der Waals surface area contributed by atoms with Crippen molar-refractivity contribution in [1.82, 2.24) is 19.9 Å². The number of anilines is 1. The third-order valence-electron chi connectivity index (χ3n) is 6.29. The molecule has 0 radical (unpaired) electrons. The summed E-state index contributed by atoms with van der Waals surface area (Å²) in [6, 6.07) is 13.0. The summed E-state index contributed by atoms with van der Waals surface area (Å²) < 4.78 is 24.5. The number of hydrogen-bond acceptors (Lipinski definition) is 7. The summed E-state index contributed by atoms with van der Waals surface area (Å²) in [5.41, 5.74) is 1.26. The van der Waals surface area contributed by atoms with Crippen LogP contribution in [0.1, 0.15) is 12.3 Å². The van der Waals surface area contributed by atoms with Crippen molar-refractivity contribution in [3.63, 3.8) is 0 Å². The van der Waals surface area contributed by atoms with E-state index in [0.29, 0.717) is 41.8 Å². The van der Waals surface area contributed by atoms with Gasteiger partial charge in [0, 0.05) is 44.6 Å². The molecular formula is C25H26FN5O4. The Balaban J connectivity index is 1.27. The number of hydrogen-bond donors (Lipinski definition) is 0. The molecule has 0 aliphatic carbocycles. The van der Waals surface area contributed by atoms with E-state index in [1.807, 2.05) is 25.2 Å². The predicted molar refractivity (Wildman–Crippen MR) is 125 cm³/mol. The lowest BCUT2D eigenvalue weighted by molar-refractivity contribution is -0.140. The number of piperazine rings is 1. The Labute approximate surface area is 202 Å². The maximum absolute atomic E-state index is 13.2. The third kappa shape index (κ3) is 5.02. The van der Waals surface area contributed by atoms with Crippen molar-refractivity contribution in [2.75, 3.05) is 44.7 Å². The van der Waals surface area contributed by atoms with E-state index in [4.69, 9.17) is 9.26 Å². The molecule has 0 saturated carbocycles. The molecule has 0 unspecified atom stereocenters. The highest BCUT2D eigenvalue weighted by Crippen LogP contribution is 2.34. The SMILES string of the molecule is CN1CCN(C(=O)[C@H]2CN(C(=O)CCc3nc(-c4ccc(F)cc4)no3)c3ccccc3O2)CC1. The van der Waals surface area contributed by atoms with E-state index in [9.17, 15) is 14.0 Å². The molecule has 182 valence electrons. The summed E-state index contributed by atoms with van der Waals surface area (Å²) in [7, 11) is 2.03. The maximum atomic E-state index is 13.2. The van der Waals surface area contributed by atoms with Gasteiger partial charge in [0.25, 0.3) is 5.91 Å². The van der Waals surface area contributed by atoms with Crippen LogP contribution in [0.4, 0.5) is 10.1 Å². The molecule has 0 spiro atoms.